The Hall–Kier alpha value is -3.06. The molecule has 0 bridgehead atoms. The molecule has 7 nitrogen and oxygen atoms in total. The summed E-state index contributed by atoms with van der Waals surface area (Å²) in [6.45, 7) is 0. The molecule has 3 aromatic rings. The number of fused-ring (bicyclic) bond motifs is 1. The van der Waals surface area contributed by atoms with Crippen LogP contribution in [0.4, 0.5) is 0 Å². The second-order valence-electron chi connectivity index (χ2n) is 4.65. The van der Waals surface area contributed by atoms with E-state index in [1.54, 1.807) is 0 Å². The Bertz CT molecular complexity index is 962. The summed E-state index contributed by atoms with van der Waals surface area (Å²) < 4.78 is 5.33. The normalized spacial score (nSPS) is 10.4. The van der Waals surface area contributed by atoms with Gasteiger partial charge in [0, 0.05) is 18.2 Å². The van der Waals surface area contributed by atoms with Crippen LogP contribution < -0.4 is 5.43 Å². The monoisotopic (exact) mass is 338 g/mol. The van der Waals surface area contributed by atoms with E-state index in [1.807, 2.05) is 0 Å². The van der Waals surface area contributed by atoms with E-state index in [2.05, 4.69) is 0 Å². The van der Waals surface area contributed by atoms with Gasteiger partial charge in [0.1, 0.15) is 34.0 Å². The SMILES string of the molecule is Cl.O=c1c(O)c(-c2ccc(O)cc2O)oc2cc(O)cc(O)c12. The third-order valence-electron chi connectivity index (χ3n) is 3.16. The fraction of sp³-hybridized carbons (Fsp3) is 0. The molecule has 0 aliphatic heterocycles. The number of rotatable bonds is 1. The molecular weight excluding hydrogens is 328 g/mol. The van der Waals surface area contributed by atoms with Gasteiger partial charge in [-0.05, 0) is 12.1 Å². The molecule has 0 saturated heterocycles. The molecule has 8 heteroatoms. The van der Waals surface area contributed by atoms with Crippen LogP contribution in [0.15, 0.2) is 39.5 Å². The van der Waals surface area contributed by atoms with Gasteiger partial charge in [-0.25, -0.2) is 0 Å². The number of aromatic hydroxyl groups is 5. The largest absolute Gasteiger partial charge is 0.508 e. The molecule has 0 radical (unpaired) electrons. The highest BCUT2D eigenvalue weighted by Crippen LogP contribution is 2.39. The number of phenols is 4. The van der Waals surface area contributed by atoms with Gasteiger partial charge in [0.25, 0.3) is 0 Å². The molecule has 0 unspecified atom stereocenters. The Morgan fingerprint density at radius 2 is 1.48 bits per heavy atom. The maximum atomic E-state index is 12.2. The number of halogens is 1. The zero-order valence-electron chi connectivity index (χ0n) is 11.3. The van der Waals surface area contributed by atoms with Gasteiger partial charge in [-0.3, -0.25) is 4.79 Å². The molecule has 120 valence electrons. The van der Waals surface area contributed by atoms with E-state index in [4.69, 9.17) is 4.42 Å². The zero-order chi connectivity index (χ0) is 16.0. The van der Waals surface area contributed by atoms with Crippen molar-refractivity contribution in [2.75, 3.05) is 0 Å². The Morgan fingerprint density at radius 3 is 2.13 bits per heavy atom. The van der Waals surface area contributed by atoms with E-state index in [0.29, 0.717) is 0 Å². The molecule has 0 saturated carbocycles. The van der Waals surface area contributed by atoms with Crippen LogP contribution in [0.1, 0.15) is 0 Å². The average molecular weight is 339 g/mol. The van der Waals surface area contributed by atoms with Gasteiger partial charge in [-0.15, -0.1) is 12.4 Å². The van der Waals surface area contributed by atoms with Gasteiger partial charge in [0.2, 0.25) is 11.2 Å². The molecule has 5 N–H and O–H groups in total. The fourth-order valence-corrected chi connectivity index (χ4v) is 2.17. The van der Waals surface area contributed by atoms with Gasteiger partial charge in [0.05, 0.1) is 5.56 Å². The Balaban J connectivity index is 0.00000192. The van der Waals surface area contributed by atoms with Crippen molar-refractivity contribution in [2.24, 2.45) is 0 Å². The minimum atomic E-state index is -0.916. The van der Waals surface area contributed by atoms with E-state index in [0.717, 1.165) is 18.2 Å². The molecule has 1 aromatic heterocycles. The number of phenolic OH excluding ortho intramolecular Hbond substituents is 4. The van der Waals surface area contributed by atoms with Gasteiger partial charge in [-0.2, -0.15) is 0 Å². The highest BCUT2D eigenvalue weighted by molar-refractivity contribution is 5.88. The summed E-state index contributed by atoms with van der Waals surface area (Å²) in [5.41, 5.74) is -1.11. The second-order valence-corrected chi connectivity index (χ2v) is 4.65. The molecule has 0 amide bonds. The molecule has 0 atom stereocenters. The van der Waals surface area contributed by atoms with Crippen LogP contribution in [0.5, 0.6) is 28.7 Å². The lowest BCUT2D eigenvalue weighted by atomic mass is 10.1. The van der Waals surface area contributed by atoms with Crippen LogP contribution in [0.3, 0.4) is 0 Å². The summed E-state index contributed by atoms with van der Waals surface area (Å²) in [5.74, 6) is -2.66. The summed E-state index contributed by atoms with van der Waals surface area (Å²) in [6, 6.07) is 5.53. The Kier molecular flexibility index (Phi) is 3.98. The first-order valence-corrected chi connectivity index (χ1v) is 6.12. The van der Waals surface area contributed by atoms with Crippen LogP contribution >= 0.6 is 12.4 Å². The first-order chi connectivity index (χ1) is 10.4. The van der Waals surface area contributed by atoms with Crippen molar-refractivity contribution in [3.8, 4) is 40.1 Å². The fourth-order valence-electron chi connectivity index (χ4n) is 2.17. The van der Waals surface area contributed by atoms with Crippen molar-refractivity contribution in [3.05, 3.63) is 40.6 Å². The van der Waals surface area contributed by atoms with Crippen molar-refractivity contribution in [1.29, 1.82) is 0 Å². The van der Waals surface area contributed by atoms with E-state index in [1.165, 1.54) is 12.1 Å². The molecular formula is C15H11ClO7. The predicted octanol–water partition coefficient (Wildman–Crippen LogP) is 2.41. The third-order valence-corrected chi connectivity index (χ3v) is 3.16. The smallest absolute Gasteiger partial charge is 0.238 e. The lowest BCUT2D eigenvalue weighted by Gasteiger charge is -2.09. The molecule has 2 aromatic carbocycles. The topological polar surface area (TPSA) is 131 Å². The van der Waals surface area contributed by atoms with Crippen molar-refractivity contribution >= 4 is 23.4 Å². The van der Waals surface area contributed by atoms with E-state index in [-0.39, 0.29) is 46.2 Å². The quantitative estimate of drug-likeness (QED) is 0.460. The van der Waals surface area contributed by atoms with Gasteiger partial charge >= 0.3 is 0 Å². The lowest BCUT2D eigenvalue weighted by Crippen LogP contribution is -2.03. The second kappa shape index (κ2) is 5.62. The van der Waals surface area contributed by atoms with E-state index < -0.39 is 22.7 Å². The minimum absolute atomic E-state index is 0. The van der Waals surface area contributed by atoms with E-state index in [9.17, 15) is 30.3 Å². The summed E-state index contributed by atoms with van der Waals surface area (Å²) in [4.78, 5) is 12.2. The first kappa shape index (κ1) is 16.3. The zero-order valence-corrected chi connectivity index (χ0v) is 12.2. The lowest BCUT2D eigenvalue weighted by molar-refractivity contribution is 0.433. The molecule has 0 spiro atoms. The molecule has 0 fully saturated rings. The van der Waals surface area contributed by atoms with Crippen molar-refractivity contribution in [2.45, 2.75) is 0 Å². The summed E-state index contributed by atoms with van der Waals surface area (Å²) >= 11 is 0. The molecule has 3 rings (SSSR count). The van der Waals surface area contributed by atoms with Crippen LogP contribution in [-0.4, -0.2) is 25.5 Å². The number of benzene rings is 2. The molecule has 23 heavy (non-hydrogen) atoms. The summed E-state index contributed by atoms with van der Waals surface area (Å²) in [5, 5.41) is 47.9. The Labute approximate surface area is 134 Å². The molecule has 0 aliphatic carbocycles. The maximum Gasteiger partial charge on any atom is 0.238 e. The third kappa shape index (κ3) is 2.58. The van der Waals surface area contributed by atoms with Gasteiger partial charge < -0.3 is 29.9 Å². The first-order valence-electron chi connectivity index (χ1n) is 6.12. The van der Waals surface area contributed by atoms with E-state index >= 15 is 0 Å². The molecule has 1 heterocycles. The molecule has 0 aliphatic rings. The van der Waals surface area contributed by atoms with Crippen molar-refractivity contribution in [3.63, 3.8) is 0 Å². The van der Waals surface area contributed by atoms with Crippen LogP contribution in [0.25, 0.3) is 22.3 Å². The maximum absolute atomic E-state index is 12.2. The average Bonchev–Trinajstić information content (AvgIpc) is 2.42. The number of hydrogen-bond acceptors (Lipinski definition) is 7. The minimum Gasteiger partial charge on any atom is -0.508 e. The standard InChI is InChI=1S/C15H10O7.ClH/c16-6-1-2-8(9(18)3-6)15-14(21)13(20)12-10(19)4-7(17)5-11(12)22-15;/h1-5,16-19,21H;1H. The van der Waals surface area contributed by atoms with Crippen molar-refractivity contribution in [1.82, 2.24) is 0 Å². The van der Waals surface area contributed by atoms with Gasteiger partial charge in [-0.1, -0.05) is 0 Å². The highest BCUT2D eigenvalue weighted by atomic mass is 35.5. The predicted molar refractivity (Wildman–Crippen MR) is 83.5 cm³/mol. The van der Waals surface area contributed by atoms with Crippen LogP contribution in [0, 0.1) is 0 Å². The highest BCUT2D eigenvalue weighted by Gasteiger charge is 2.20. The van der Waals surface area contributed by atoms with Gasteiger partial charge in [0.15, 0.2) is 5.76 Å². The van der Waals surface area contributed by atoms with Crippen LogP contribution in [0.2, 0.25) is 0 Å². The summed E-state index contributed by atoms with van der Waals surface area (Å²) in [6.07, 6.45) is 0. The Morgan fingerprint density at radius 1 is 0.826 bits per heavy atom. The van der Waals surface area contributed by atoms with Crippen molar-refractivity contribution < 1.29 is 29.9 Å². The number of hydrogen-bond donors (Lipinski definition) is 5. The van der Waals surface area contributed by atoms with Crippen LogP contribution in [-0.2, 0) is 0 Å². The summed E-state index contributed by atoms with van der Waals surface area (Å²) in [7, 11) is 0.